The lowest BCUT2D eigenvalue weighted by Gasteiger charge is -2.31. The predicted molar refractivity (Wildman–Crippen MR) is 161 cm³/mol. The van der Waals surface area contributed by atoms with Crippen LogP contribution in [0.3, 0.4) is 0 Å². The second kappa shape index (κ2) is 15.5. The minimum Gasteiger partial charge on any atom is -0.493 e. The first-order chi connectivity index (χ1) is 20.1. The van der Waals surface area contributed by atoms with E-state index in [2.05, 4.69) is 0 Å². The Morgan fingerprint density at radius 1 is 0.860 bits per heavy atom. The number of carboxylic acid groups (broad SMARTS) is 1. The smallest absolute Gasteiger partial charge is 0.419 e. The van der Waals surface area contributed by atoms with E-state index in [0.29, 0.717) is 24.4 Å². The number of rotatable bonds is 13. The molecule has 0 unspecified atom stereocenters. The fraction of sp³-hybridized carbons (Fsp3) is 0.265. The molecule has 4 rings (SSSR count). The summed E-state index contributed by atoms with van der Waals surface area (Å²) in [5.74, 6) is -1.87. The summed E-state index contributed by atoms with van der Waals surface area (Å²) >= 11 is 0. The molecule has 0 radical (unpaired) electrons. The van der Waals surface area contributed by atoms with Crippen LogP contribution in [0.5, 0.6) is 5.75 Å². The molecule has 9 heteroatoms. The number of alkyl halides is 3. The van der Waals surface area contributed by atoms with Crippen molar-refractivity contribution in [3.63, 3.8) is 0 Å². The molecule has 0 saturated carbocycles. The van der Waals surface area contributed by atoms with Gasteiger partial charge in [-0.15, -0.1) is 12.4 Å². The summed E-state index contributed by atoms with van der Waals surface area (Å²) < 4.78 is 61.6. The third kappa shape index (κ3) is 9.83. The van der Waals surface area contributed by atoms with Gasteiger partial charge in [-0.1, -0.05) is 91.9 Å². The highest BCUT2D eigenvalue weighted by molar-refractivity contribution is 5.85. The maximum atomic E-state index is 15.1. The van der Waals surface area contributed by atoms with Crippen molar-refractivity contribution in [1.82, 2.24) is 4.90 Å². The van der Waals surface area contributed by atoms with Gasteiger partial charge < -0.3 is 9.84 Å². The molecule has 0 bridgehead atoms. The van der Waals surface area contributed by atoms with Gasteiger partial charge in [0.2, 0.25) is 0 Å². The SMILES string of the molecule is C[C@@H](COc1cccc(CC(=O)O)c1)CN(Cc1cccc(C(F)(F)F)c1F)CC(c1ccccc1)c1ccccc1.Cl. The zero-order valence-electron chi connectivity index (χ0n) is 23.6. The number of carbonyl (C=O) groups is 1. The van der Waals surface area contributed by atoms with E-state index in [1.54, 1.807) is 24.3 Å². The molecular formula is C34H34ClF4NO3. The van der Waals surface area contributed by atoms with Crippen LogP contribution in [0.15, 0.2) is 103 Å². The van der Waals surface area contributed by atoms with Crippen LogP contribution in [0.4, 0.5) is 17.6 Å². The summed E-state index contributed by atoms with van der Waals surface area (Å²) in [5, 5.41) is 9.08. The van der Waals surface area contributed by atoms with E-state index in [1.165, 1.54) is 12.1 Å². The van der Waals surface area contributed by atoms with Crippen LogP contribution in [0.2, 0.25) is 0 Å². The van der Waals surface area contributed by atoms with Crippen LogP contribution in [-0.4, -0.2) is 35.7 Å². The normalized spacial score (nSPS) is 12.2. The Hall–Kier alpha value is -3.88. The molecule has 4 aromatic carbocycles. The lowest BCUT2D eigenvalue weighted by Crippen LogP contribution is -2.34. The summed E-state index contributed by atoms with van der Waals surface area (Å²) in [7, 11) is 0. The predicted octanol–water partition coefficient (Wildman–Crippen LogP) is 8.24. The molecule has 0 fully saturated rings. The standard InChI is InChI=1S/C34H33F4NO3.ClH/c1-24(23-42-29-16-8-10-25(18-29)19-32(40)41)20-39(21-28-15-9-17-31(33(28)35)34(36,37)38)22-30(26-11-4-2-5-12-26)27-13-6-3-7-14-27;/h2-18,24,30H,19-23H2,1H3,(H,40,41);1H/t24-;/m1./s1. The van der Waals surface area contributed by atoms with Crippen LogP contribution in [0, 0.1) is 11.7 Å². The fourth-order valence-electron chi connectivity index (χ4n) is 5.05. The quantitative estimate of drug-likeness (QED) is 0.154. The van der Waals surface area contributed by atoms with Crippen molar-refractivity contribution in [3.05, 3.63) is 137 Å². The number of hydrogen-bond acceptors (Lipinski definition) is 3. The van der Waals surface area contributed by atoms with Crippen LogP contribution in [0.1, 0.15) is 40.7 Å². The summed E-state index contributed by atoms with van der Waals surface area (Å²) in [4.78, 5) is 13.0. The number of nitrogens with zero attached hydrogens (tertiary/aromatic N) is 1. The van der Waals surface area contributed by atoms with Crippen LogP contribution < -0.4 is 4.74 Å². The van der Waals surface area contributed by atoms with Crippen molar-refractivity contribution in [3.8, 4) is 5.75 Å². The number of benzene rings is 4. The van der Waals surface area contributed by atoms with Gasteiger partial charge in [0.05, 0.1) is 18.6 Å². The second-order valence-electron chi connectivity index (χ2n) is 10.5. The average molecular weight is 616 g/mol. The van der Waals surface area contributed by atoms with Crippen molar-refractivity contribution in [2.24, 2.45) is 5.92 Å². The topological polar surface area (TPSA) is 49.8 Å². The molecule has 0 spiro atoms. The molecule has 0 aliphatic heterocycles. The number of halogens is 5. The average Bonchev–Trinajstić information content (AvgIpc) is 2.96. The Bertz CT molecular complexity index is 1410. The number of hydrogen-bond donors (Lipinski definition) is 1. The fourth-order valence-corrected chi connectivity index (χ4v) is 5.05. The molecule has 0 amide bonds. The molecule has 1 N–H and O–H groups in total. The summed E-state index contributed by atoms with van der Waals surface area (Å²) in [6.45, 7) is 3.06. The zero-order chi connectivity index (χ0) is 30.1. The van der Waals surface area contributed by atoms with Crippen molar-refractivity contribution in [1.29, 1.82) is 0 Å². The molecule has 4 aromatic rings. The second-order valence-corrected chi connectivity index (χ2v) is 10.5. The molecular weight excluding hydrogens is 582 g/mol. The molecule has 0 aliphatic rings. The maximum absolute atomic E-state index is 15.1. The highest BCUT2D eigenvalue weighted by Gasteiger charge is 2.35. The van der Waals surface area contributed by atoms with Crippen molar-refractivity contribution in [2.75, 3.05) is 19.7 Å². The third-order valence-electron chi connectivity index (χ3n) is 6.98. The number of carboxylic acids is 1. The number of ether oxygens (including phenoxy) is 1. The van der Waals surface area contributed by atoms with Gasteiger partial charge in [0, 0.05) is 37.0 Å². The van der Waals surface area contributed by atoms with E-state index in [4.69, 9.17) is 9.84 Å². The lowest BCUT2D eigenvalue weighted by atomic mass is 9.90. The summed E-state index contributed by atoms with van der Waals surface area (Å²) in [6.07, 6.45) is -4.92. The summed E-state index contributed by atoms with van der Waals surface area (Å²) in [6, 6.07) is 29.9. The number of aliphatic carboxylic acids is 1. The lowest BCUT2D eigenvalue weighted by molar-refractivity contribution is -0.140. The first-order valence-electron chi connectivity index (χ1n) is 13.7. The van der Waals surface area contributed by atoms with Crippen molar-refractivity contribution >= 4 is 18.4 Å². The Balaban J connectivity index is 0.00000506. The van der Waals surface area contributed by atoms with E-state index in [1.807, 2.05) is 72.5 Å². The Morgan fingerprint density at radius 2 is 1.47 bits per heavy atom. The van der Waals surface area contributed by atoms with E-state index in [0.717, 1.165) is 17.2 Å². The van der Waals surface area contributed by atoms with Gasteiger partial charge >= 0.3 is 12.1 Å². The molecule has 0 saturated heterocycles. The van der Waals surface area contributed by atoms with E-state index >= 15 is 4.39 Å². The van der Waals surface area contributed by atoms with Gasteiger partial charge in [-0.2, -0.15) is 13.2 Å². The van der Waals surface area contributed by atoms with Gasteiger partial charge in [-0.25, -0.2) is 4.39 Å². The molecule has 0 aliphatic carbocycles. The van der Waals surface area contributed by atoms with Crippen LogP contribution in [-0.2, 0) is 23.9 Å². The largest absolute Gasteiger partial charge is 0.493 e. The van der Waals surface area contributed by atoms with Gasteiger partial charge in [0.15, 0.2) is 0 Å². The molecule has 0 aromatic heterocycles. The van der Waals surface area contributed by atoms with Gasteiger partial charge in [0.25, 0.3) is 0 Å². The molecule has 0 heterocycles. The van der Waals surface area contributed by atoms with Crippen molar-refractivity contribution < 1.29 is 32.2 Å². The minimum absolute atomic E-state index is 0. The van der Waals surface area contributed by atoms with Gasteiger partial charge in [-0.3, -0.25) is 9.69 Å². The van der Waals surface area contributed by atoms with Crippen molar-refractivity contribution in [2.45, 2.75) is 32.0 Å². The Morgan fingerprint density at radius 3 is 2.05 bits per heavy atom. The van der Waals surface area contributed by atoms with E-state index < -0.39 is 23.5 Å². The molecule has 4 nitrogen and oxygen atoms in total. The monoisotopic (exact) mass is 615 g/mol. The molecule has 228 valence electrons. The van der Waals surface area contributed by atoms with Crippen LogP contribution >= 0.6 is 12.4 Å². The Labute approximate surface area is 255 Å². The maximum Gasteiger partial charge on any atom is 0.419 e. The Kier molecular flexibility index (Phi) is 12.2. The highest BCUT2D eigenvalue weighted by atomic mass is 35.5. The third-order valence-corrected chi connectivity index (χ3v) is 6.98. The van der Waals surface area contributed by atoms with Crippen LogP contribution in [0.25, 0.3) is 0 Å². The summed E-state index contributed by atoms with van der Waals surface area (Å²) in [5.41, 5.74) is 1.39. The van der Waals surface area contributed by atoms with Gasteiger partial charge in [0.1, 0.15) is 11.6 Å². The molecule has 43 heavy (non-hydrogen) atoms. The highest BCUT2D eigenvalue weighted by Crippen LogP contribution is 2.33. The van der Waals surface area contributed by atoms with Gasteiger partial charge in [-0.05, 0) is 34.9 Å². The first kappa shape index (κ1) is 33.6. The zero-order valence-corrected chi connectivity index (χ0v) is 24.5. The minimum atomic E-state index is -4.79. The molecule has 1 atom stereocenters. The van der Waals surface area contributed by atoms with E-state index in [-0.39, 0.29) is 49.4 Å². The van der Waals surface area contributed by atoms with E-state index in [9.17, 15) is 18.0 Å². The first-order valence-corrected chi connectivity index (χ1v) is 13.7.